The summed E-state index contributed by atoms with van der Waals surface area (Å²) < 4.78 is 58.6. The van der Waals surface area contributed by atoms with E-state index >= 15 is 0 Å². The minimum Gasteiger partial charge on any atom is -0.478 e. The lowest BCUT2D eigenvalue weighted by Crippen LogP contribution is -2.43. The van der Waals surface area contributed by atoms with Crippen molar-refractivity contribution in [3.05, 3.63) is 165 Å². The summed E-state index contributed by atoms with van der Waals surface area (Å²) in [7, 11) is 0. The van der Waals surface area contributed by atoms with Crippen LogP contribution in [0.4, 0.5) is 50.2 Å². The molecule has 350 valence electrons. The molecule has 4 heterocycles. The van der Waals surface area contributed by atoms with Crippen LogP contribution in [0.25, 0.3) is 22.5 Å². The van der Waals surface area contributed by atoms with Gasteiger partial charge in [-0.05, 0) is 91.6 Å². The number of anilines is 4. The minimum absolute atomic E-state index is 0.0153. The molecular weight excluding hydrogens is 935 g/mol. The lowest BCUT2D eigenvalue weighted by atomic mass is 9.97. The van der Waals surface area contributed by atoms with Crippen LogP contribution >= 0.6 is 23.5 Å². The first kappa shape index (κ1) is 47.6. The molecule has 2 aliphatic heterocycles. The van der Waals surface area contributed by atoms with Crippen molar-refractivity contribution in [2.24, 2.45) is 0 Å². The number of nitrogens with one attached hydrogen (secondary N) is 3. The quantitative estimate of drug-likeness (QED) is 0.0581. The predicted octanol–water partition coefficient (Wildman–Crippen LogP) is 10.3. The van der Waals surface area contributed by atoms with Gasteiger partial charge in [0.2, 0.25) is 0 Å². The molecule has 9 rings (SSSR count). The van der Waals surface area contributed by atoms with Crippen LogP contribution in [0.2, 0.25) is 0 Å². The van der Waals surface area contributed by atoms with Crippen molar-refractivity contribution < 1.29 is 41.8 Å². The lowest BCUT2D eigenvalue weighted by molar-refractivity contribution is 0.0696. The molecular formula is C49H39F4N9O5S2. The third-order valence-corrected chi connectivity index (χ3v) is 12.2. The van der Waals surface area contributed by atoms with Gasteiger partial charge in [0.05, 0.1) is 30.0 Å². The molecule has 0 aliphatic carbocycles. The number of urea groups is 2. The summed E-state index contributed by atoms with van der Waals surface area (Å²) in [6, 6.07) is 24.7. The first-order chi connectivity index (χ1) is 33.2. The highest BCUT2D eigenvalue weighted by atomic mass is 32.2. The molecule has 69 heavy (non-hydrogen) atoms. The van der Waals surface area contributed by atoms with E-state index in [2.05, 4.69) is 35.9 Å². The number of carbonyl (C=O) groups excluding carboxylic acids is 3. The van der Waals surface area contributed by atoms with E-state index in [-0.39, 0.29) is 41.4 Å². The molecule has 5 amide bonds. The van der Waals surface area contributed by atoms with Crippen LogP contribution in [0.1, 0.15) is 48.5 Å². The highest BCUT2D eigenvalue weighted by Crippen LogP contribution is 2.41. The van der Waals surface area contributed by atoms with E-state index in [9.17, 15) is 41.8 Å². The smallest absolute Gasteiger partial charge is 0.335 e. The Hall–Kier alpha value is -7.84. The summed E-state index contributed by atoms with van der Waals surface area (Å²) in [5.41, 5.74) is 4.91. The molecule has 4 N–H and O–H groups in total. The molecule has 0 bridgehead atoms. The van der Waals surface area contributed by atoms with E-state index in [4.69, 9.17) is 0 Å². The predicted molar refractivity (Wildman–Crippen MR) is 254 cm³/mol. The van der Waals surface area contributed by atoms with E-state index in [1.807, 2.05) is 43.3 Å². The normalized spacial score (nSPS) is 12.8. The van der Waals surface area contributed by atoms with E-state index in [0.717, 1.165) is 50.8 Å². The molecule has 0 unspecified atom stereocenters. The molecule has 7 aromatic rings. The van der Waals surface area contributed by atoms with E-state index < -0.39 is 52.7 Å². The Bertz CT molecular complexity index is 3160. The number of aryl methyl sites for hydroxylation is 2. The second-order valence-electron chi connectivity index (χ2n) is 15.4. The van der Waals surface area contributed by atoms with Gasteiger partial charge in [-0.1, -0.05) is 78.1 Å². The Morgan fingerprint density at radius 2 is 1.06 bits per heavy atom. The van der Waals surface area contributed by atoms with Gasteiger partial charge in [-0.15, -0.1) is 0 Å². The zero-order valence-electron chi connectivity index (χ0n) is 37.0. The number of aromatic nitrogens is 4. The number of carboxylic acids is 1. The first-order valence-corrected chi connectivity index (χ1v) is 23.3. The van der Waals surface area contributed by atoms with Gasteiger partial charge in [0.15, 0.2) is 21.9 Å². The molecule has 5 aromatic carbocycles. The topological polar surface area (TPSA) is 183 Å². The largest absolute Gasteiger partial charge is 0.478 e. The van der Waals surface area contributed by atoms with Crippen LogP contribution < -0.4 is 25.8 Å². The van der Waals surface area contributed by atoms with Crippen LogP contribution in [-0.4, -0.2) is 61.5 Å². The Labute approximate surface area is 400 Å². The fraction of sp³-hybridized carbons (Fsp3) is 0.143. The molecule has 0 fully saturated rings. The molecule has 0 saturated heterocycles. The third-order valence-electron chi connectivity index (χ3n) is 11.1. The number of carboxylic acid groups (broad SMARTS) is 1. The summed E-state index contributed by atoms with van der Waals surface area (Å²) in [6.07, 6.45) is 3.49. The van der Waals surface area contributed by atoms with Crippen LogP contribution in [0, 0.1) is 37.1 Å². The number of rotatable bonds is 10. The number of hydrogen-bond donors (Lipinski definition) is 4. The van der Waals surface area contributed by atoms with Gasteiger partial charge >= 0.3 is 18.0 Å². The van der Waals surface area contributed by atoms with Crippen molar-refractivity contribution in [3.63, 3.8) is 0 Å². The van der Waals surface area contributed by atoms with Crippen molar-refractivity contribution in [3.8, 4) is 22.5 Å². The fourth-order valence-corrected chi connectivity index (χ4v) is 8.36. The van der Waals surface area contributed by atoms with Gasteiger partial charge in [0.25, 0.3) is 5.91 Å². The number of hydrogen-bond acceptors (Lipinski definition) is 10. The lowest BCUT2D eigenvalue weighted by Gasteiger charge is -2.30. The minimum atomic E-state index is -1.10. The number of halogens is 4. The summed E-state index contributed by atoms with van der Waals surface area (Å²) in [4.78, 5) is 69.8. The highest BCUT2D eigenvalue weighted by molar-refractivity contribution is 7.98. The van der Waals surface area contributed by atoms with Gasteiger partial charge in [-0.3, -0.25) is 4.79 Å². The Morgan fingerprint density at radius 3 is 1.49 bits per heavy atom. The number of thioether (sulfide) groups is 2. The summed E-state index contributed by atoms with van der Waals surface area (Å²) in [6.45, 7) is 4.11. The number of carbonyl (C=O) groups is 4. The fourth-order valence-electron chi connectivity index (χ4n) is 7.64. The molecule has 0 atom stereocenters. The number of fused-ring (bicyclic) bond motifs is 2. The SMILES string of the molecule is CSc1nc(-c2cc(C(=O)NCc3ccccc3)ccc2C)c2c(n1)N(c1c(F)cccc1F)C(=O)NC2.CSc1nc(-c2cc(C(=O)O)ccc2C)c2c(n1)N(c1c(F)cccc1F)C(=O)NC2. The number of para-hydroxylation sites is 2. The monoisotopic (exact) mass is 973 g/mol. The standard InChI is InChI=1S/C28H23F2N5O2S.C21H16F2N4O3S/c1-16-11-12-18(26(36)31-14-17-7-4-3-5-8-17)13-19(16)23-20-15-32-28(37)35(25(20)34-27(33-23)38-2)24-21(29)9-6-10-22(24)30;1-10-6-7-11(19(28)29)8-12(10)16-13-9-24-21(30)27(18(13)26-20(25-16)31-2)17-14(22)4-3-5-15(17)23/h3-13H,14-15H2,1-2H3,(H,31,36)(H,32,37);3-8H,9H2,1-2H3,(H,24,30)(H,28,29). The van der Waals surface area contributed by atoms with Gasteiger partial charge in [-0.2, -0.15) is 0 Å². The van der Waals surface area contributed by atoms with Gasteiger partial charge < -0.3 is 21.1 Å². The number of nitrogens with zero attached hydrogens (tertiary/aromatic N) is 6. The van der Waals surface area contributed by atoms with Crippen LogP contribution in [0.5, 0.6) is 0 Å². The molecule has 20 heteroatoms. The maximum atomic E-state index is 14.8. The molecule has 0 radical (unpaired) electrons. The van der Waals surface area contributed by atoms with Gasteiger partial charge in [0.1, 0.15) is 34.6 Å². The van der Waals surface area contributed by atoms with Gasteiger partial charge in [-0.25, -0.2) is 61.7 Å². The van der Waals surface area contributed by atoms with E-state index in [0.29, 0.717) is 50.9 Å². The van der Waals surface area contributed by atoms with Crippen molar-refractivity contribution >= 4 is 70.5 Å². The number of amides is 5. The first-order valence-electron chi connectivity index (χ1n) is 20.9. The third kappa shape index (κ3) is 9.66. The molecule has 0 spiro atoms. The highest BCUT2D eigenvalue weighted by Gasteiger charge is 2.36. The van der Waals surface area contributed by atoms with Gasteiger partial charge in [0, 0.05) is 34.4 Å². The zero-order valence-corrected chi connectivity index (χ0v) is 38.7. The van der Waals surface area contributed by atoms with Crippen molar-refractivity contribution in [2.75, 3.05) is 22.3 Å². The average Bonchev–Trinajstić information content (AvgIpc) is 3.34. The van der Waals surface area contributed by atoms with Crippen molar-refractivity contribution in [1.82, 2.24) is 35.9 Å². The Kier molecular flexibility index (Phi) is 13.9. The Balaban J connectivity index is 0.000000190. The molecule has 2 aliphatic rings. The molecule has 14 nitrogen and oxygen atoms in total. The summed E-state index contributed by atoms with van der Waals surface area (Å²) >= 11 is 2.42. The summed E-state index contributed by atoms with van der Waals surface area (Å²) in [5.74, 6) is -4.85. The number of benzene rings is 5. The Morgan fingerprint density at radius 1 is 0.623 bits per heavy atom. The second kappa shape index (κ2) is 20.2. The molecule has 2 aromatic heterocycles. The van der Waals surface area contributed by atoms with Crippen LogP contribution in [-0.2, 0) is 19.6 Å². The van der Waals surface area contributed by atoms with Crippen molar-refractivity contribution in [1.29, 1.82) is 0 Å². The van der Waals surface area contributed by atoms with E-state index in [1.165, 1.54) is 47.8 Å². The van der Waals surface area contributed by atoms with Crippen molar-refractivity contribution in [2.45, 2.75) is 43.8 Å². The maximum absolute atomic E-state index is 14.8. The van der Waals surface area contributed by atoms with E-state index in [1.54, 1.807) is 37.6 Å². The average molecular weight is 974 g/mol. The summed E-state index contributed by atoms with van der Waals surface area (Å²) in [5, 5.41) is 18.2. The second-order valence-corrected chi connectivity index (χ2v) is 16.9. The number of aromatic carboxylic acids is 1. The zero-order chi connectivity index (χ0) is 49.1. The van der Waals surface area contributed by atoms with Crippen LogP contribution in [0.3, 0.4) is 0 Å². The van der Waals surface area contributed by atoms with Crippen LogP contribution in [0.15, 0.2) is 113 Å². The maximum Gasteiger partial charge on any atom is 0.335 e. The molecule has 0 saturated carbocycles.